The number of hydrogen-bond acceptors (Lipinski definition) is 6. The zero-order valence-corrected chi connectivity index (χ0v) is 16.9. The van der Waals surface area contributed by atoms with Crippen molar-refractivity contribution in [2.45, 2.75) is 12.5 Å². The first-order chi connectivity index (χ1) is 13.2. The number of nitrogens with one attached hydrogen (secondary N) is 1. The van der Waals surface area contributed by atoms with Gasteiger partial charge in [0, 0.05) is 38.0 Å². The third-order valence-corrected chi connectivity index (χ3v) is 6.12. The van der Waals surface area contributed by atoms with Gasteiger partial charge in [-0.1, -0.05) is 0 Å². The number of rotatable bonds is 5. The van der Waals surface area contributed by atoms with E-state index in [2.05, 4.69) is 10.2 Å². The van der Waals surface area contributed by atoms with Gasteiger partial charge in [0.05, 0.1) is 39.2 Å². The summed E-state index contributed by atoms with van der Waals surface area (Å²) in [6.07, 6.45) is 1.01. The number of hydrogen-bond donors (Lipinski definition) is 1. The van der Waals surface area contributed by atoms with E-state index in [1.807, 2.05) is 28.8 Å². The van der Waals surface area contributed by atoms with Crippen LogP contribution >= 0.6 is 11.8 Å². The van der Waals surface area contributed by atoms with Gasteiger partial charge in [0.25, 0.3) is 0 Å². The summed E-state index contributed by atoms with van der Waals surface area (Å²) in [4.78, 5) is 17.5. The first-order valence-corrected chi connectivity index (χ1v) is 10.5. The molecule has 150 valence electrons. The lowest BCUT2D eigenvalue weighted by atomic mass is 10.2. The van der Waals surface area contributed by atoms with Crippen LogP contribution < -0.4 is 14.8 Å². The number of nitrogens with zero attached hydrogens (tertiary/aromatic N) is 2. The first-order valence-electron chi connectivity index (χ1n) is 9.38. The van der Waals surface area contributed by atoms with Crippen LogP contribution in [0.5, 0.6) is 11.5 Å². The zero-order valence-electron chi connectivity index (χ0n) is 16.1. The van der Waals surface area contributed by atoms with E-state index in [4.69, 9.17) is 14.2 Å². The molecule has 2 heterocycles. The smallest absolute Gasteiger partial charge is 0.322 e. The number of amides is 2. The van der Waals surface area contributed by atoms with E-state index in [9.17, 15) is 4.79 Å². The van der Waals surface area contributed by atoms with Gasteiger partial charge in [-0.15, -0.1) is 0 Å². The first kappa shape index (κ1) is 20.1. The van der Waals surface area contributed by atoms with Crippen molar-refractivity contribution in [3.8, 4) is 11.5 Å². The summed E-state index contributed by atoms with van der Waals surface area (Å²) in [6, 6.07) is 5.54. The molecule has 0 radical (unpaired) electrons. The van der Waals surface area contributed by atoms with Crippen molar-refractivity contribution < 1.29 is 19.0 Å². The number of morpholine rings is 1. The average molecular weight is 396 g/mol. The van der Waals surface area contributed by atoms with Crippen LogP contribution in [0.25, 0.3) is 0 Å². The van der Waals surface area contributed by atoms with Gasteiger partial charge in [-0.05, 0) is 24.3 Å². The number of urea groups is 1. The molecule has 1 N–H and O–H groups in total. The van der Waals surface area contributed by atoms with Crippen molar-refractivity contribution in [2.75, 3.05) is 70.4 Å². The van der Waals surface area contributed by atoms with Crippen LogP contribution in [0.2, 0.25) is 0 Å². The molecule has 1 aromatic rings. The Labute approximate surface area is 165 Å². The number of thioether (sulfide) groups is 1. The maximum absolute atomic E-state index is 13.1. The molecule has 1 aromatic carbocycles. The molecule has 2 amide bonds. The molecular formula is C19H29N3O4S. The molecule has 2 aliphatic heterocycles. The van der Waals surface area contributed by atoms with Gasteiger partial charge in [-0.2, -0.15) is 11.8 Å². The quantitative estimate of drug-likeness (QED) is 0.826. The summed E-state index contributed by atoms with van der Waals surface area (Å²) >= 11 is 1.93. The monoisotopic (exact) mass is 395 g/mol. The van der Waals surface area contributed by atoms with Crippen molar-refractivity contribution in [1.82, 2.24) is 9.80 Å². The molecule has 2 saturated heterocycles. The number of ether oxygens (including phenoxy) is 3. The van der Waals surface area contributed by atoms with Gasteiger partial charge in [-0.3, -0.25) is 4.90 Å². The second kappa shape index (κ2) is 10.1. The number of carbonyl (C=O) groups excluding carboxylic acids is 1. The second-order valence-electron chi connectivity index (χ2n) is 6.69. The minimum atomic E-state index is -0.0702. The molecule has 0 bridgehead atoms. The summed E-state index contributed by atoms with van der Waals surface area (Å²) in [5.41, 5.74) is 0.658. The molecule has 27 heavy (non-hydrogen) atoms. The molecule has 2 aliphatic rings. The maximum atomic E-state index is 13.1. The van der Waals surface area contributed by atoms with Crippen LogP contribution in [0.15, 0.2) is 18.2 Å². The lowest BCUT2D eigenvalue weighted by Gasteiger charge is -2.35. The van der Waals surface area contributed by atoms with Crippen LogP contribution in [0, 0.1) is 0 Å². The summed E-state index contributed by atoms with van der Waals surface area (Å²) in [6.45, 7) is 5.08. The van der Waals surface area contributed by atoms with Gasteiger partial charge in [0.15, 0.2) is 0 Å². The highest BCUT2D eigenvalue weighted by atomic mass is 32.2. The van der Waals surface area contributed by atoms with Crippen molar-refractivity contribution in [2.24, 2.45) is 0 Å². The highest BCUT2D eigenvalue weighted by molar-refractivity contribution is 7.99. The Morgan fingerprint density at radius 1 is 1.26 bits per heavy atom. The Morgan fingerprint density at radius 3 is 2.81 bits per heavy atom. The zero-order chi connectivity index (χ0) is 19.1. The summed E-state index contributed by atoms with van der Waals surface area (Å²) < 4.78 is 16.1. The summed E-state index contributed by atoms with van der Waals surface area (Å²) in [5.74, 6) is 3.34. The Morgan fingerprint density at radius 2 is 2.07 bits per heavy atom. The van der Waals surface area contributed by atoms with Gasteiger partial charge >= 0.3 is 6.03 Å². The molecule has 8 heteroatoms. The fourth-order valence-corrected chi connectivity index (χ4v) is 4.48. The lowest BCUT2D eigenvalue weighted by molar-refractivity contribution is 0.0288. The lowest BCUT2D eigenvalue weighted by Crippen LogP contribution is -2.51. The number of benzene rings is 1. The molecule has 3 rings (SSSR count). The normalized spacial score (nSPS) is 21.4. The van der Waals surface area contributed by atoms with Gasteiger partial charge in [-0.25, -0.2) is 4.79 Å². The van der Waals surface area contributed by atoms with E-state index < -0.39 is 0 Å². The number of anilines is 1. The predicted octanol–water partition coefficient (Wildman–Crippen LogP) is 2.38. The van der Waals surface area contributed by atoms with Gasteiger partial charge < -0.3 is 24.4 Å². The van der Waals surface area contributed by atoms with Gasteiger partial charge in [0.1, 0.15) is 11.5 Å². The SMILES string of the molecule is COc1ccc(NC(=O)N2CCCSCC2CN2CCOCC2)c(OC)c1. The molecule has 0 aromatic heterocycles. The van der Waals surface area contributed by atoms with Crippen LogP contribution in [-0.4, -0.2) is 87.0 Å². The van der Waals surface area contributed by atoms with Crippen LogP contribution in [-0.2, 0) is 4.74 Å². The Balaban J connectivity index is 1.69. The molecule has 1 unspecified atom stereocenters. The van der Waals surface area contributed by atoms with E-state index in [0.29, 0.717) is 17.2 Å². The highest BCUT2D eigenvalue weighted by Crippen LogP contribution is 2.29. The molecular weight excluding hydrogens is 366 g/mol. The molecule has 0 saturated carbocycles. The topological polar surface area (TPSA) is 63.3 Å². The van der Waals surface area contributed by atoms with Crippen LogP contribution in [0.3, 0.4) is 0 Å². The van der Waals surface area contributed by atoms with E-state index in [0.717, 1.165) is 57.3 Å². The third-order valence-electron chi connectivity index (χ3n) is 4.92. The summed E-state index contributed by atoms with van der Waals surface area (Å²) in [7, 11) is 3.20. The van der Waals surface area contributed by atoms with Crippen LogP contribution in [0.4, 0.5) is 10.5 Å². The minimum absolute atomic E-state index is 0.0702. The van der Waals surface area contributed by atoms with Crippen molar-refractivity contribution in [3.05, 3.63) is 18.2 Å². The Kier molecular flexibility index (Phi) is 7.49. The fraction of sp³-hybridized carbons (Fsp3) is 0.632. The third kappa shape index (κ3) is 5.43. The molecule has 0 spiro atoms. The van der Waals surface area contributed by atoms with Crippen molar-refractivity contribution in [3.63, 3.8) is 0 Å². The second-order valence-corrected chi connectivity index (χ2v) is 7.83. The largest absolute Gasteiger partial charge is 0.497 e. The maximum Gasteiger partial charge on any atom is 0.322 e. The van der Waals surface area contributed by atoms with Crippen molar-refractivity contribution >= 4 is 23.5 Å². The molecule has 1 atom stereocenters. The van der Waals surface area contributed by atoms with Crippen LogP contribution in [0.1, 0.15) is 6.42 Å². The van der Waals surface area contributed by atoms with Crippen molar-refractivity contribution in [1.29, 1.82) is 0 Å². The Bertz CT molecular complexity index is 625. The minimum Gasteiger partial charge on any atom is -0.497 e. The number of methoxy groups -OCH3 is 2. The molecule has 2 fully saturated rings. The average Bonchev–Trinajstić information content (AvgIpc) is 2.94. The highest BCUT2D eigenvalue weighted by Gasteiger charge is 2.28. The fourth-order valence-electron chi connectivity index (χ4n) is 3.42. The Hall–Kier alpha value is -1.64. The van der Waals surface area contributed by atoms with E-state index in [-0.39, 0.29) is 12.1 Å². The number of carbonyl (C=O) groups is 1. The molecule has 7 nitrogen and oxygen atoms in total. The van der Waals surface area contributed by atoms with E-state index >= 15 is 0 Å². The molecule has 0 aliphatic carbocycles. The predicted molar refractivity (Wildman–Crippen MR) is 108 cm³/mol. The van der Waals surface area contributed by atoms with E-state index in [1.54, 1.807) is 20.3 Å². The summed E-state index contributed by atoms with van der Waals surface area (Å²) in [5, 5.41) is 3.03. The van der Waals surface area contributed by atoms with Gasteiger partial charge in [0.2, 0.25) is 0 Å². The standard InChI is InChI=1S/C19H29N3O4S/c1-24-16-4-5-17(18(12-16)25-2)20-19(23)22-6-3-11-27-14-15(22)13-21-7-9-26-10-8-21/h4-5,12,15H,3,6-11,13-14H2,1-2H3,(H,20,23). The van der Waals surface area contributed by atoms with E-state index in [1.165, 1.54) is 0 Å².